The van der Waals surface area contributed by atoms with Crippen molar-refractivity contribution in [3.63, 3.8) is 0 Å². The van der Waals surface area contributed by atoms with Gasteiger partial charge in [0.15, 0.2) is 6.61 Å². The van der Waals surface area contributed by atoms with Crippen LogP contribution in [0.5, 0.6) is 11.5 Å². The van der Waals surface area contributed by atoms with E-state index in [1.807, 2.05) is 31.2 Å². The first-order chi connectivity index (χ1) is 12.1. The van der Waals surface area contributed by atoms with Crippen LogP contribution in [0.4, 0.5) is 0 Å². The molecular formula is C19H21NO5. The van der Waals surface area contributed by atoms with E-state index in [9.17, 15) is 9.59 Å². The van der Waals surface area contributed by atoms with Crippen LogP contribution in [0.15, 0.2) is 48.5 Å². The summed E-state index contributed by atoms with van der Waals surface area (Å²) in [5.41, 5.74) is 1.29. The molecule has 132 valence electrons. The summed E-state index contributed by atoms with van der Waals surface area (Å²) < 4.78 is 15.4. The molecule has 0 spiro atoms. The van der Waals surface area contributed by atoms with Gasteiger partial charge in [0.25, 0.3) is 5.91 Å². The number of methoxy groups -OCH3 is 1. The van der Waals surface area contributed by atoms with Crippen molar-refractivity contribution < 1.29 is 23.8 Å². The molecule has 0 unspecified atom stereocenters. The highest BCUT2D eigenvalue weighted by molar-refractivity contribution is 5.91. The number of carbonyl (C=O) groups excluding carboxylic acids is 2. The largest absolute Gasteiger partial charge is 0.497 e. The van der Waals surface area contributed by atoms with Gasteiger partial charge in [0.05, 0.1) is 19.3 Å². The minimum atomic E-state index is -0.553. The lowest BCUT2D eigenvalue weighted by atomic mass is 10.2. The van der Waals surface area contributed by atoms with Gasteiger partial charge >= 0.3 is 5.97 Å². The predicted octanol–water partition coefficient (Wildman–Crippen LogP) is 2.57. The summed E-state index contributed by atoms with van der Waals surface area (Å²) in [6.45, 7) is 2.45. The third-order valence-corrected chi connectivity index (χ3v) is 3.38. The first-order valence-corrected chi connectivity index (χ1v) is 7.92. The van der Waals surface area contributed by atoms with Crippen LogP contribution in [0.2, 0.25) is 0 Å². The molecule has 6 heteroatoms. The zero-order chi connectivity index (χ0) is 18.1. The molecule has 0 saturated heterocycles. The summed E-state index contributed by atoms with van der Waals surface area (Å²) in [5, 5.41) is 2.69. The van der Waals surface area contributed by atoms with E-state index in [0.29, 0.717) is 24.5 Å². The topological polar surface area (TPSA) is 73.9 Å². The Kier molecular flexibility index (Phi) is 6.83. The van der Waals surface area contributed by atoms with E-state index in [1.165, 1.54) is 0 Å². The second kappa shape index (κ2) is 9.32. The lowest BCUT2D eigenvalue weighted by Gasteiger charge is -2.08. The Morgan fingerprint density at radius 2 is 1.60 bits per heavy atom. The zero-order valence-electron chi connectivity index (χ0n) is 14.3. The fourth-order valence-corrected chi connectivity index (χ4v) is 2.06. The molecule has 0 bridgehead atoms. The fraction of sp³-hybridized carbons (Fsp3) is 0.263. The molecule has 0 aliphatic rings. The molecule has 1 amide bonds. The summed E-state index contributed by atoms with van der Waals surface area (Å²) in [5.74, 6) is 0.508. The van der Waals surface area contributed by atoms with Crippen LogP contribution >= 0.6 is 0 Å². The maximum Gasteiger partial charge on any atom is 0.338 e. The third kappa shape index (κ3) is 5.84. The molecule has 6 nitrogen and oxygen atoms in total. The van der Waals surface area contributed by atoms with E-state index < -0.39 is 5.97 Å². The molecule has 0 aromatic heterocycles. The maximum absolute atomic E-state index is 11.9. The van der Waals surface area contributed by atoms with Crippen LogP contribution in [0.3, 0.4) is 0 Å². The molecule has 0 saturated carbocycles. The number of rotatable bonds is 8. The third-order valence-electron chi connectivity index (χ3n) is 3.38. The minimum Gasteiger partial charge on any atom is -0.497 e. The van der Waals surface area contributed by atoms with Gasteiger partial charge in [-0.05, 0) is 48.9 Å². The molecule has 0 heterocycles. The van der Waals surface area contributed by atoms with Gasteiger partial charge < -0.3 is 19.5 Å². The average Bonchev–Trinajstić information content (AvgIpc) is 2.65. The Hall–Kier alpha value is -3.02. The molecule has 0 atom stereocenters. The van der Waals surface area contributed by atoms with Crippen molar-refractivity contribution in [2.45, 2.75) is 13.5 Å². The van der Waals surface area contributed by atoms with Gasteiger partial charge in [0.1, 0.15) is 11.5 Å². The van der Waals surface area contributed by atoms with E-state index in [2.05, 4.69) is 5.32 Å². The van der Waals surface area contributed by atoms with Crippen LogP contribution in [-0.2, 0) is 16.1 Å². The Morgan fingerprint density at radius 1 is 0.960 bits per heavy atom. The molecule has 0 aliphatic heterocycles. The van der Waals surface area contributed by atoms with Crippen molar-refractivity contribution in [3.8, 4) is 11.5 Å². The molecule has 2 rings (SSSR count). The number of hydrogen-bond acceptors (Lipinski definition) is 5. The average molecular weight is 343 g/mol. The Labute approximate surface area is 146 Å². The minimum absolute atomic E-state index is 0.331. The molecular weight excluding hydrogens is 322 g/mol. The van der Waals surface area contributed by atoms with Crippen LogP contribution in [0.1, 0.15) is 22.8 Å². The predicted molar refractivity (Wildman–Crippen MR) is 92.7 cm³/mol. The van der Waals surface area contributed by atoms with E-state index in [0.717, 1.165) is 11.3 Å². The molecule has 25 heavy (non-hydrogen) atoms. The summed E-state index contributed by atoms with van der Waals surface area (Å²) in [6.07, 6.45) is 0. The normalized spacial score (nSPS) is 10.0. The van der Waals surface area contributed by atoms with Crippen molar-refractivity contribution in [1.82, 2.24) is 5.32 Å². The number of nitrogens with one attached hydrogen (secondary N) is 1. The van der Waals surface area contributed by atoms with E-state index in [1.54, 1.807) is 31.4 Å². The fourth-order valence-electron chi connectivity index (χ4n) is 2.06. The van der Waals surface area contributed by atoms with Gasteiger partial charge in [-0.15, -0.1) is 0 Å². The van der Waals surface area contributed by atoms with Crippen molar-refractivity contribution in [3.05, 3.63) is 59.7 Å². The number of ether oxygens (including phenoxy) is 3. The van der Waals surface area contributed by atoms with Gasteiger partial charge in [0, 0.05) is 6.54 Å². The summed E-state index contributed by atoms with van der Waals surface area (Å²) in [7, 11) is 1.59. The van der Waals surface area contributed by atoms with Crippen molar-refractivity contribution in [2.24, 2.45) is 0 Å². The van der Waals surface area contributed by atoms with Crippen molar-refractivity contribution >= 4 is 11.9 Å². The lowest BCUT2D eigenvalue weighted by molar-refractivity contribution is -0.124. The maximum atomic E-state index is 11.9. The van der Waals surface area contributed by atoms with Gasteiger partial charge in [-0.2, -0.15) is 0 Å². The summed E-state index contributed by atoms with van der Waals surface area (Å²) in [4.78, 5) is 23.7. The monoisotopic (exact) mass is 343 g/mol. The van der Waals surface area contributed by atoms with E-state index >= 15 is 0 Å². The summed E-state index contributed by atoms with van der Waals surface area (Å²) in [6, 6.07) is 13.9. The molecule has 2 aromatic carbocycles. The lowest BCUT2D eigenvalue weighted by Crippen LogP contribution is -2.28. The molecule has 0 fully saturated rings. The van der Waals surface area contributed by atoms with Gasteiger partial charge in [0.2, 0.25) is 0 Å². The molecule has 1 N–H and O–H groups in total. The van der Waals surface area contributed by atoms with Crippen LogP contribution in [0, 0.1) is 0 Å². The first kappa shape index (κ1) is 18.3. The number of carbonyl (C=O) groups is 2. The van der Waals surface area contributed by atoms with Crippen molar-refractivity contribution in [1.29, 1.82) is 0 Å². The van der Waals surface area contributed by atoms with Gasteiger partial charge in [-0.3, -0.25) is 4.79 Å². The highest BCUT2D eigenvalue weighted by Crippen LogP contribution is 2.13. The van der Waals surface area contributed by atoms with E-state index in [-0.39, 0.29) is 12.5 Å². The Morgan fingerprint density at radius 3 is 2.20 bits per heavy atom. The summed E-state index contributed by atoms with van der Waals surface area (Å²) >= 11 is 0. The SMILES string of the molecule is CCOc1ccc(C(=O)OCC(=O)NCc2ccc(OC)cc2)cc1. The van der Waals surface area contributed by atoms with Crippen LogP contribution < -0.4 is 14.8 Å². The quantitative estimate of drug-likeness (QED) is 0.746. The molecule has 0 radical (unpaired) electrons. The van der Waals surface area contributed by atoms with Crippen LogP contribution in [0.25, 0.3) is 0 Å². The smallest absolute Gasteiger partial charge is 0.338 e. The van der Waals surface area contributed by atoms with Crippen LogP contribution in [-0.4, -0.2) is 32.2 Å². The number of esters is 1. The zero-order valence-corrected chi connectivity index (χ0v) is 14.3. The van der Waals surface area contributed by atoms with Gasteiger partial charge in [-0.1, -0.05) is 12.1 Å². The first-order valence-electron chi connectivity index (χ1n) is 7.92. The second-order valence-corrected chi connectivity index (χ2v) is 5.16. The molecule has 0 aliphatic carbocycles. The van der Waals surface area contributed by atoms with E-state index in [4.69, 9.17) is 14.2 Å². The highest BCUT2D eigenvalue weighted by atomic mass is 16.5. The van der Waals surface area contributed by atoms with Crippen molar-refractivity contribution in [2.75, 3.05) is 20.3 Å². The molecule has 2 aromatic rings. The number of hydrogen-bond donors (Lipinski definition) is 1. The standard InChI is InChI=1S/C19H21NO5/c1-3-24-17-10-6-15(7-11-17)19(22)25-13-18(21)20-12-14-4-8-16(23-2)9-5-14/h4-11H,3,12-13H2,1-2H3,(H,20,21). The Balaban J connectivity index is 1.75. The second-order valence-electron chi connectivity index (χ2n) is 5.16. The number of benzene rings is 2. The highest BCUT2D eigenvalue weighted by Gasteiger charge is 2.10. The Bertz CT molecular complexity index is 695. The number of amides is 1. The van der Waals surface area contributed by atoms with Gasteiger partial charge in [-0.25, -0.2) is 4.79 Å².